The Labute approximate surface area is 214 Å². The van der Waals surface area contributed by atoms with Gasteiger partial charge in [0, 0.05) is 5.41 Å². The van der Waals surface area contributed by atoms with Gasteiger partial charge in [0.1, 0.15) is 22.7 Å². The Morgan fingerprint density at radius 3 is 1.06 bits per heavy atom. The lowest BCUT2D eigenvalue weighted by molar-refractivity contribution is 0.0124. The predicted octanol–water partition coefficient (Wildman–Crippen LogP) is 9.49. The van der Waals surface area contributed by atoms with Gasteiger partial charge in [-0.05, 0) is 111 Å². The van der Waals surface area contributed by atoms with Gasteiger partial charge in [0.25, 0.3) is 0 Å². The van der Waals surface area contributed by atoms with Crippen molar-refractivity contribution in [2.24, 2.45) is 10.8 Å². The lowest BCUT2D eigenvalue weighted by atomic mass is 9.71. The summed E-state index contributed by atoms with van der Waals surface area (Å²) < 4.78 is 13.0. The maximum Gasteiger partial charge on any atom is 0.120 e. The van der Waals surface area contributed by atoms with Gasteiger partial charge < -0.3 is 9.47 Å². The minimum Gasteiger partial charge on any atom is -0.488 e. The van der Waals surface area contributed by atoms with Gasteiger partial charge in [0.05, 0.1) is 0 Å². The molecule has 0 heterocycles. The Bertz CT molecular complexity index is 893. The van der Waals surface area contributed by atoms with Crippen LogP contribution in [0.3, 0.4) is 0 Å². The second-order valence-corrected chi connectivity index (χ2v) is 14.1. The Morgan fingerprint density at radius 2 is 0.771 bits per heavy atom. The molecule has 35 heavy (non-hydrogen) atoms. The lowest BCUT2D eigenvalue weighted by Crippen LogP contribution is -2.39. The van der Waals surface area contributed by atoms with E-state index in [2.05, 4.69) is 104 Å². The van der Waals surface area contributed by atoms with E-state index in [1.165, 1.54) is 36.8 Å². The lowest BCUT2D eigenvalue weighted by Gasteiger charge is -2.41. The van der Waals surface area contributed by atoms with Crippen LogP contribution in [-0.4, -0.2) is 11.2 Å². The third-order valence-corrected chi connectivity index (χ3v) is 9.20. The molecule has 2 aromatic carbocycles. The minimum atomic E-state index is -0.0887. The van der Waals surface area contributed by atoms with E-state index in [4.69, 9.17) is 9.47 Å². The van der Waals surface area contributed by atoms with E-state index in [1.54, 1.807) is 0 Å². The Hall–Kier alpha value is -1.96. The fourth-order valence-corrected chi connectivity index (χ4v) is 5.73. The van der Waals surface area contributed by atoms with Crippen LogP contribution >= 0.6 is 0 Å². The topological polar surface area (TPSA) is 18.5 Å². The highest BCUT2D eigenvalue weighted by atomic mass is 16.5. The summed E-state index contributed by atoms with van der Waals surface area (Å²) in [7, 11) is 0. The van der Waals surface area contributed by atoms with Crippen molar-refractivity contribution in [2.75, 3.05) is 0 Å². The van der Waals surface area contributed by atoms with E-state index >= 15 is 0 Å². The molecule has 0 atom stereocenters. The molecule has 0 saturated heterocycles. The van der Waals surface area contributed by atoms with E-state index in [0.29, 0.717) is 10.8 Å². The van der Waals surface area contributed by atoms with Gasteiger partial charge in [-0.15, -0.1) is 0 Å². The average Bonchev–Trinajstić information content (AvgIpc) is 2.79. The highest BCUT2D eigenvalue weighted by molar-refractivity contribution is 5.42. The van der Waals surface area contributed by atoms with Crippen molar-refractivity contribution in [3.05, 3.63) is 59.7 Å². The fraction of sp³-hybridized carbons (Fsp3) is 0.636. The van der Waals surface area contributed by atoms with Gasteiger partial charge in [-0.2, -0.15) is 0 Å². The quantitative estimate of drug-likeness (QED) is 0.413. The number of rotatable bonds is 6. The Balaban J connectivity index is 1.40. The molecule has 0 radical (unpaired) electrons. The van der Waals surface area contributed by atoms with Crippen molar-refractivity contribution >= 4 is 0 Å². The summed E-state index contributed by atoms with van der Waals surface area (Å²) in [5.41, 5.74) is 3.31. The molecule has 0 bridgehead atoms. The van der Waals surface area contributed by atoms with E-state index in [1.807, 2.05) is 0 Å². The summed E-state index contributed by atoms with van der Waals surface area (Å²) >= 11 is 0. The minimum absolute atomic E-state index is 0.0485. The second kappa shape index (κ2) is 9.16. The Morgan fingerprint density at radius 1 is 0.486 bits per heavy atom. The van der Waals surface area contributed by atoms with Gasteiger partial charge in [-0.1, -0.05) is 65.8 Å². The summed E-state index contributed by atoms with van der Waals surface area (Å²) in [5, 5.41) is 0. The molecule has 2 fully saturated rings. The first kappa shape index (κ1) is 26.1. The van der Waals surface area contributed by atoms with Crippen molar-refractivity contribution in [3.8, 4) is 11.5 Å². The first-order valence-corrected chi connectivity index (χ1v) is 13.8. The summed E-state index contributed by atoms with van der Waals surface area (Å²) in [5.74, 6) is 1.97. The number of ether oxygens (including phenoxy) is 2. The van der Waals surface area contributed by atoms with E-state index in [0.717, 1.165) is 37.2 Å². The van der Waals surface area contributed by atoms with E-state index in [-0.39, 0.29) is 16.6 Å². The van der Waals surface area contributed by atoms with Crippen LogP contribution in [0.1, 0.15) is 118 Å². The van der Waals surface area contributed by atoms with Crippen molar-refractivity contribution in [2.45, 2.75) is 123 Å². The summed E-state index contributed by atoms with van der Waals surface area (Å²) in [6, 6.07) is 17.6. The molecule has 2 aliphatic rings. The van der Waals surface area contributed by atoms with Crippen LogP contribution < -0.4 is 9.47 Å². The van der Waals surface area contributed by atoms with Gasteiger partial charge >= 0.3 is 0 Å². The molecule has 0 aromatic heterocycles. The zero-order valence-electron chi connectivity index (χ0n) is 23.6. The maximum absolute atomic E-state index is 6.50. The predicted molar refractivity (Wildman–Crippen MR) is 148 cm³/mol. The summed E-state index contributed by atoms with van der Waals surface area (Å²) in [4.78, 5) is 0. The molecule has 2 nitrogen and oxygen atoms in total. The third kappa shape index (κ3) is 6.25. The normalized spacial score (nSPS) is 22.9. The fourth-order valence-electron chi connectivity index (χ4n) is 5.73. The van der Waals surface area contributed by atoms with Crippen molar-refractivity contribution in [1.29, 1.82) is 0 Å². The first-order chi connectivity index (χ1) is 16.2. The standard InChI is InChI=1S/C33H48O2/c1-29(2)17-21-32(7,22-18-29)34-27-13-9-25(10-14-27)31(5,6)26-11-15-28(16-12-26)35-33(8)23-19-30(3,4)20-24-33/h9-16H,17-24H2,1-8H3. The molecule has 0 N–H and O–H groups in total. The van der Waals surface area contributed by atoms with Crippen LogP contribution in [0.25, 0.3) is 0 Å². The third-order valence-electron chi connectivity index (χ3n) is 9.20. The monoisotopic (exact) mass is 476 g/mol. The van der Waals surface area contributed by atoms with Crippen LogP contribution in [0.4, 0.5) is 0 Å². The SMILES string of the molecule is CC1(C)CCC(C)(Oc2ccc(C(C)(C)c3ccc(OC4(C)CCC(C)(C)CC4)cc3)cc2)CC1. The average molecular weight is 477 g/mol. The molecule has 2 saturated carbocycles. The van der Waals surface area contributed by atoms with Crippen molar-refractivity contribution in [1.82, 2.24) is 0 Å². The van der Waals surface area contributed by atoms with Crippen LogP contribution in [0, 0.1) is 10.8 Å². The largest absolute Gasteiger partial charge is 0.488 e. The number of benzene rings is 2. The number of hydrogen-bond donors (Lipinski definition) is 0. The molecular formula is C33H48O2. The highest BCUT2D eigenvalue weighted by Crippen LogP contribution is 2.44. The molecule has 2 aromatic rings. The van der Waals surface area contributed by atoms with Gasteiger partial charge in [0.15, 0.2) is 0 Å². The molecule has 0 amide bonds. The zero-order chi connectivity index (χ0) is 25.5. The maximum atomic E-state index is 6.50. The van der Waals surface area contributed by atoms with Crippen LogP contribution in [-0.2, 0) is 5.41 Å². The second-order valence-electron chi connectivity index (χ2n) is 14.1. The van der Waals surface area contributed by atoms with E-state index in [9.17, 15) is 0 Å². The molecule has 2 heteroatoms. The van der Waals surface area contributed by atoms with Crippen molar-refractivity contribution in [3.63, 3.8) is 0 Å². The van der Waals surface area contributed by atoms with Crippen LogP contribution in [0.2, 0.25) is 0 Å². The van der Waals surface area contributed by atoms with E-state index < -0.39 is 0 Å². The van der Waals surface area contributed by atoms with Gasteiger partial charge in [-0.3, -0.25) is 0 Å². The highest BCUT2D eigenvalue weighted by Gasteiger charge is 2.37. The molecule has 0 aliphatic heterocycles. The first-order valence-electron chi connectivity index (χ1n) is 13.8. The smallest absolute Gasteiger partial charge is 0.120 e. The van der Waals surface area contributed by atoms with Gasteiger partial charge in [-0.25, -0.2) is 0 Å². The van der Waals surface area contributed by atoms with Gasteiger partial charge in [0.2, 0.25) is 0 Å². The van der Waals surface area contributed by atoms with Crippen LogP contribution in [0.5, 0.6) is 11.5 Å². The zero-order valence-corrected chi connectivity index (χ0v) is 23.6. The summed E-state index contributed by atoms with van der Waals surface area (Å²) in [6.45, 7) is 18.6. The molecule has 2 aliphatic carbocycles. The molecule has 192 valence electrons. The molecule has 0 spiro atoms. The van der Waals surface area contributed by atoms with Crippen molar-refractivity contribution < 1.29 is 9.47 Å². The Kier molecular flexibility index (Phi) is 6.84. The summed E-state index contributed by atoms with van der Waals surface area (Å²) in [6.07, 6.45) is 9.40. The molecular weight excluding hydrogens is 428 g/mol. The molecule has 0 unspecified atom stereocenters. The molecule has 4 rings (SSSR count). The number of hydrogen-bond acceptors (Lipinski definition) is 2. The van der Waals surface area contributed by atoms with Crippen LogP contribution in [0.15, 0.2) is 48.5 Å².